The van der Waals surface area contributed by atoms with E-state index in [1.165, 1.54) is 0 Å². The standard InChI is InChI=1S/C14H18BrN3O/c1-17(10-12-6-3-4-7-13(12)15)11-14(19)18(2)9-5-8-16/h3-4,6-7H,5,9-11H2,1-2H3. The number of nitrogens with zero attached hydrogens (tertiary/aromatic N) is 3. The Morgan fingerprint density at radius 3 is 2.68 bits per heavy atom. The lowest BCUT2D eigenvalue weighted by Crippen LogP contribution is -2.36. The van der Waals surface area contributed by atoms with Gasteiger partial charge in [0.2, 0.25) is 5.91 Å². The van der Waals surface area contributed by atoms with E-state index in [1.54, 1.807) is 11.9 Å². The van der Waals surface area contributed by atoms with E-state index < -0.39 is 0 Å². The number of nitriles is 1. The van der Waals surface area contributed by atoms with Gasteiger partial charge in [-0.3, -0.25) is 9.69 Å². The maximum Gasteiger partial charge on any atom is 0.236 e. The average Bonchev–Trinajstić information content (AvgIpc) is 2.38. The Hall–Kier alpha value is -1.38. The second-order valence-electron chi connectivity index (χ2n) is 4.49. The first kappa shape index (κ1) is 15.7. The van der Waals surface area contributed by atoms with E-state index in [9.17, 15) is 4.79 Å². The molecule has 1 aromatic carbocycles. The van der Waals surface area contributed by atoms with Crippen molar-refractivity contribution in [1.82, 2.24) is 9.80 Å². The van der Waals surface area contributed by atoms with E-state index in [0.29, 0.717) is 26.1 Å². The fourth-order valence-electron chi connectivity index (χ4n) is 1.67. The van der Waals surface area contributed by atoms with E-state index in [1.807, 2.05) is 42.3 Å². The molecule has 1 amide bonds. The minimum absolute atomic E-state index is 0.0322. The maximum absolute atomic E-state index is 11.9. The molecule has 0 saturated carbocycles. The predicted octanol–water partition coefficient (Wildman–Crippen LogP) is 2.25. The van der Waals surface area contributed by atoms with Crippen molar-refractivity contribution < 1.29 is 4.79 Å². The van der Waals surface area contributed by atoms with Crippen LogP contribution in [0.3, 0.4) is 0 Å². The minimum atomic E-state index is 0.0322. The molecule has 1 aromatic rings. The third-order valence-electron chi connectivity index (χ3n) is 2.79. The Morgan fingerprint density at radius 1 is 1.37 bits per heavy atom. The van der Waals surface area contributed by atoms with E-state index in [-0.39, 0.29) is 5.91 Å². The fourth-order valence-corrected chi connectivity index (χ4v) is 2.08. The highest BCUT2D eigenvalue weighted by molar-refractivity contribution is 9.10. The lowest BCUT2D eigenvalue weighted by atomic mass is 10.2. The van der Waals surface area contributed by atoms with Gasteiger partial charge in [-0.1, -0.05) is 34.1 Å². The highest BCUT2D eigenvalue weighted by atomic mass is 79.9. The smallest absolute Gasteiger partial charge is 0.236 e. The molecule has 0 aliphatic heterocycles. The summed E-state index contributed by atoms with van der Waals surface area (Å²) in [5, 5.41) is 8.50. The summed E-state index contributed by atoms with van der Waals surface area (Å²) >= 11 is 3.50. The summed E-state index contributed by atoms with van der Waals surface area (Å²) in [5.74, 6) is 0.0322. The zero-order chi connectivity index (χ0) is 14.3. The highest BCUT2D eigenvalue weighted by Crippen LogP contribution is 2.17. The molecule has 0 bridgehead atoms. The van der Waals surface area contributed by atoms with Crippen molar-refractivity contribution in [2.24, 2.45) is 0 Å². The van der Waals surface area contributed by atoms with Gasteiger partial charge >= 0.3 is 0 Å². The van der Waals surface area contributed by atoms with Crippen LogP contribution < -0.4 is 0 Å². The van der Waals surface area contributed by atoms with Crippen LogP contribution in [0.1, 0.15) is 12.0 Å². The van der Waals surface area contributed by atoms with Gasteiger partial charge in [0.05, 0.1) is 19.0 Å². The summed E-state index contributed by atoms with van der Waals surface area (Å²) < 4.78 is 1.05. The summed E-state index contributed by atoms with van der Waals surface area (Å²) in [6, 6.07) is 10.0. The Kier molecular flexibility index (Phi) is 6.54. The predicted molar refractivity (Wildman–Crippen MR) is 78.3 cm³/mol. The first-order valence-corrected chi connectivity index (χ1v) is 6.86. The molecular formula is C14H18BrN3O. The van der Waals surface area contributed by atoms with Crippen LogP contribution in [0.4, 0.5) is 0 Å². The largest absolute Gasteiger partial charge is 0.344 e. The Morgan fingerprint density at radius 2 is 2.05 bits per heavy atom. The van der Waals surface area contributed by atoms with Crippen LogP contribution in [0.15, 0.2) is 28.7 Å². The molecule has 0 radical (unpaired) electrons. The lowest BCUT2D eigenvalue weighted by molar-refractivity contribution is -0.130. The van der Waals surface area contributed by atoms with Gasteiger partial charge in [-0.25, -0.2) is 0 Å². The van der Waals surface area contributed by atoms with Crippen molar-refractivity contribution in [1.29, 1.82) is 5.26 Å². The number of likely N-dealkylation sites (N-methyl/N-ethyl adjacent to an activating group) is 2. The molecule has 0 aromatic heterocycles. The molecule has 0 heterocycles. The number of amides is 1. The van der Waals surface area contributed by atoms with Crippen molar-refractivity contribution >= 4 is 21.8 Å². The van der Waals surface area contributed by atoms with Crippen LogP contribution in [0.5, 0.6) is 0 Å². The molecule has 0 aliphatic rings. The van der Waals surface area contributed by atoms with Gasteiger partial charge in [-0.05, 0) is 18.7 Å². The monoisotopic (exact) mass is 323 g/mol. The summed E-state index contributed by atoms with van der Waals surface area (Å²) in [5.41, 5.74) is 1.15. The summed E-state index contributed by atoms with van der Waals surface area (Å²) in [6.45, 7) is 1.54. The van der Waals surface area contributed by atoms with E-state index in [2.05, 4.69) is 15.9 Å². The Bertz CT molecular complexity index is 470. The molecule has 1 rings (SSSR count). The second kappa shape index (κ2) is 7.93. The normalized spacial score (nSPS) is 10.3. The van der Waals surface area contributed by atoms with Gasteiger partial charge in [0.25, 0.3) is 0 Å². The van der Waals surface area contributed by atoms with Gasteiger partial charge < -0.3 is 4.90 Å². The second-order valence-corrected chi connectivity index (χ2v) is 5.34. The van der Waals surface area contributed by atoms with Crippen LogP contribution in [-0.4, -0.2) is 42.9 Å². The topological polar surface area (TPSA) is 47.3 Å². The molecule has 0 spiro atoms. The molecule has 0 N–H and O–H groups in total. The third-order valence-corrected chi connectivity index (χ3v) is 3.56. The molecule has 0 atom stereocenters. The number of carbonyl (C=O) groups excluding carboxylic acids is 1. The van der Waals surface area contributed by atoms with E-state index >= 15 is 0 Å². The summed E-state index contributed by atoms with van der Waals surface area (Å²) in [6.07, 6.45) is 0.371. The molecule has 0 aliphatic carbocycles. The molecule has 5 heteroatoms. The number of benzene rings is 1. The fraction of sp³-hybridized carbons (Fsp3) is 0.429. The van der Waals surface area contributed by atoms with Crippen molar-refractivity contribution in [3.8, 4) is 6.07 Å². The number of halogens is 1. The number of hydrogen-bond donors (Lipinski definition) is 0. The van der Waals surface area contributed by atoms with Crippen molar-refractivity contribution in [3.05, 3.63) is 34.3 Å². The zero-order valence-corrected chi connectivity index (χ0v) is 12.9. The van der Waals surface area contributed by atoms with Crippen molar-refractivity contribution in [2.75, 3.05) is 27.2 Å². The van der Waals surface area contributed by atoms with Crippen molar-refractivity contribution in [3.63, 3.8) is 0 Å². The maximum atomic E-state index is 11.9. The van der Waals surface area contributed by atoms with Crippen LogP contribution in [0.2, 0.25) is 0 Å². The van der Waals surface area contributed by atoms with Gasteiger partial charge in [0, 0.05) is 24.6 Å². The molecule has 0 unspecified atom stereocenters. The Balaban J connectivity index is 2.47. The van der Waals surface area contributed by atoms with Crippen LogP contribution in [-0.2, 0) is 11.3 Å². The average molecular weight is 324 g/mol. The number of hydrogen-bond acceptors (Lipinski definition) is 3. The first-order chi connectivity index (χ1) is 9.04. The van der Waals surface area contributed by atoms with Gasteiger partial charge in [0.1, 0.15) is 0 Å². The van der Waals surface area contributed by atoms with Crippen LogP contribution in [0, 0.1) is 11.3 Å². The van der Waals surface area contributed by atoms with E-state index in [4.69, 9.17) is 5.26 Å². The molecular weight excluding hydrogens is 306 g/mol. The van der Waals surface area contributed by atoms with Gasteiger partial charge in [0.15, 0.2) is 0 Å². The third kappa shape index (κ3) is 5.41. The van der Waals surface area contributed by atoms with Crippen LogP contribution in [0.25, 0.3) is 0 Å². The summed E-state index contributed by atoms with van der Waals surface area (Å²) in [7, 11) is 3.64. The van der Waals surface area contributed by atoms with E-state index in [0.717, 1.165) is 10.0 Å². The molecule has 4 nitrogen and oxygen atoms in total. The van der Waals surface area contributed by atoms with Gasteiger partial charge in [-0.15, -0.1) is 0 Å². The molecule has 0 saturated heterocycles. The molecule has 19 heavy (non-hydrogen) atoms. The zero-order valence-electron chi connectivity index (χ0n) is 11.3. The lowest BCUT2D eigenvalue weighted by Gasteiger charge is -2.21. The number of carbonyl (C=O) groups is 1. The minimum Gasteiger partial charge on any atom is -0.344 e. The SMILES string of the molecule is CN(CC(=O)N(C)CCC#N)Cc1ccccc1Br. The van der Waals surface area contributed by atoms with Crippen LogP contribution >= 0.6 is 15.9 Å². The molecule has 102 valence electrons. The van der Waals surface area contributed by atoms with Gasteiger partial charge in [-0.2, -0.15) is 5.26 Å². The highest BCUT2D eigenvalue weighted by Gasteiger charge is 2.12. The quantitative estimate of drug-likeness (QED) is 0.806. The molecule has 0 fully saturated rings. The van der Waals surface area contributed by atoms with Crippen molar-refractivity contribution in [2.45, 2.75) is 13.0 Å². The first-order valence-electron chi connectivity index (χ1n) is 6.07. The Labute approximate surface area is 122 Å². The number of rotatable bonds is 6. The summed E-state index contributed by atoms with van der Waals surface area (Å²) in [4.78, 5) is 15.5.